The van der Waals surface area contributed by atoms with Crippen LogP contribution in [0.1, 0.15) is 17.2 Å². The van der Waals surface area contributed by atoms with Crippen molar-refractivity contribution in [1.29, 1.82) is 0 Å². The van der Waals surface area contributed by atoms with Gasteiger partial charge in [0.15, 0.2) is 0 Å². The molecule has 15 heteroatoms. The number of pyridine rings is 1. The molecule has 0 bridgehead atoms. The van der Waals surface area contributed by atoms with Gasteiger partial charge in [-0.1, -0.05) is 18.2 Å². The molecule has 2 atom stereocenters. The molecule has 2 N–H and O–H groups in total. The molecule has 0 spiro atoms. The SMILES string of the molecule is COCCN1C[C@@H](NC(=O)Nc2c(C)c(-c3cnc(N4CC(N5CCOCC5)C4)nc3)nn2-c2ccccc2)[C@H](c2ccnc(F)c2)O1. The highest BCUT2D eigenvalue weighted by molar-refractivity contribution is 5.91. The monoisotopic (exact) mass is 658 g/mol. The number of aromatic nitrogens is 5. The van der Waals surface area contributed by atoms with Crippen molar-refractivity contribution in [2.24, 2.45) is 0 Å². The van der Waals surface area contributed by atoms with Crippen molar-refractivity contribution in [1.82, 2.24) is 40.0 Å². The molecular formula is C33H39FN10O4. The smallest absolute Gasteiger partial charge is 0.320 e. The molecule has 1 aromatic carbocycles. The Balaban J connectivity index is 1.09. The van der Waals surface area contributed by atoms with Crippen LogP contribution in [0.3, 0.4) is 0 Å². The molecule has 3 saturated heterocycles. The summed E-state index contributed by atoms with van der Waals surface area (Å²) in [5.41, 5.74) is 3.47. The lowest BCUT2D eigenvalue weighted by atomic mass is 10.0. The summed E-state index contributed by atoms with van der Waals surface area (Å²) >= 11 is 0. The van der Waals surface area contributed by atoms with E-state index >= 15 is 0 Å². The van der Waals surface area contributed by atoms with Crippen molar-refractivity contribution in [3.8, 4) is 16.9 Å². The Kier molecular flexibility index (Phi) is 9.54. The van der Waals surface area contributed by atoms with Crippen molar-refractivity contribution in [3.05, 3.63) is 78.1 Å². The standard InChI is InChI=1S/C33H39FN10O4/c1-22-29(24-17-36-32(37-18-24)42-19-26(20-42)41-10-14-47-15-11-41)40-44(25-6-4-3-5-7-25)31(22)39-33(45)38-27-21-43(12-13-46-2)48-30(27)23-8-9-35-28(34)16-23/h3-9,16-18,26-27,30H,10-15,19-21H2,1-2H3,(H2,38,39,45)/t27-,30+/m1/s1. The van der Waals surface area contributed by atoms with Gasteiger partial charge in [-0.05, 0) is 36.8 Å². The predicted octanol–water partition coefficient (Wildman–Crippen LogP) is 2.82. The molecule has 48 heavy (non-hydrogen) atoms. The van der Waals surface area contributed by atoms with E-state index in [4.69, 9.17) is 19.4 Å². The highest BCUT2D eigenvalue weighted by Crippen LogP contribution is 2.32. The minimum absolute atomic E-state index is 0.376. The molecular weight excluding hydrogens is 619 g/mol. The first kappa shape index (κ1) is 32.0. The van der Waals surface area contributed by atoms with Crippen molar-refractivity contribution in [2.75, 3.05) is 76.4 Å². The van der Waals surface area contributed by atoms with Gasteiger partial charge in [0.2, 0.25) is 11.9 Å². The number of methoxy groups -OCH3 is 1. The van der Waals surface area contributed by atoms with Gasteiger partial charge in [0.25, 0.3) is 0 Å². The summed E-state index contributed by atoms with van der Waals surface area (Å²) < 4.78 is 26.4. The number of rotatable bonds is 10. The minimum Gasteiger partial charge on any atom is -0.383 e. The average molecular weight is 659 g/mol. The van der Waals surface area contributed by atoms with Gasteiger partial charge in [-0.25, -0.2) is 24.4 Å². The van der Waals surface area contributed by atoms with Gasteiger partial charge in [0, 0.05) is 82.1 Å². The number of carbonyl (C=O) groups is 1. The first-order valence-corrected chi connectivity index (χ1v) is 16.1. The lowest BCUT2D eigenvalue weighted by molar-refractivity contribution is -0.154. The Labute approximate surface area is 277 Å². The molecule has 3 aromatic heterocycles. The number of benzene rings is 1. The molecule has 6 heterocycles. The van der Waals surface area contributed by atoms with E-state index in [0.717, 1.165) is 56.2 Å². The Hall–Kier alpha value is -4.54. The van der Waals surface area contributed by atoms with E-state index in [1.54, 1.807) is 35.3 Å². The summed E-state index contributed by atoms with van der Waals surface area (Å²) in [6, 6.07) is 12.1. The number of hydrogen-bond acceptors (Lipinski definition) is 11. The normalized spacial score (nSPS) is 20.5. The molecule has 3 aliphatic rings. The number of amides is 2. The van der Waals surface area contributed by atoms with Crippen LogP contribution in [0.15, 0.2) is 61.1 Å². The number of urea groups is 1. The molecule has 0 radical (unpaired) electrons. The summed E-state index contributed by atoms with van der Waals surface area (Å²) in [6.45, 7) is 8.46. The fourth-order valence-corrected chi connectivity index (χ4v) is 6.32. The van der Waals surface area contributed by atoms with Gasteiger partial charge in [-0.15, -0.1) is 0 Å². The number of ether oxygens (including phenoxy) is 2. The highest BCUT2D eigenvalue weighted by atomic mass is 19.1. The van der Waals surface area contributed by atoms with Crippen molar-refractivity contribution < 1.29 is 23.5 Å². The Bertz CT molecular complexity index is 1700. The van der Waals surface area contributed by atoms with Crippen LogP contribution in [-0.2, 0) is 14.3 Å². The third-order valence-corrected chi connectivity index (χ3v) is 8.94. The van der Waals surface area contributed by atoms with Gasteiger partial charge >= 0.3 is 6.03 Å². The van der Waals surface area contributed by atoms with Crippen LogP contribution >= 0.6 is 0 Å². The summed E-state index contributed by atoms with van der Waals surface area (Å²) in [5, 5.41) is 12.7. The Morgan fingerprint density at radius 2 is 1.83 bits per heavy atom. The molecule has 0 unspecified atom stereocenters. The lowest BCUT2D eigenvalue weighted by Gasteiger charge is -2.46. The minimum atomic E-state index is -0.622. The zero-order chi connectivity index (χ0) is 33.0. The molecule has 252 valence electrons. The maximum atomic E-state index is 14.0. The topological polar surface area (TPSA) is 135 Å². The lowest BCUT2D eigenvalue weighted by Crippen LogP contribution is -2.62. The van der Waals surface area contributed by atoms with Crippen LogP contribution in [0, 0.1) is 12.9 Å². The number of carbonyl (C=O) groups excluding carboxylic acids is 1. The van der Waals surface area contributed by atoms with Gasteiger partial charge in [-0.2, -0.15) is 14.6 Å². The number of nitrogens with zero attached hydrogens (tertiary/aromatic N) is 8. The molecule has 4 aromatic rings. The molecule has 3 aliphatic heterocycles. The average Bonchev–Trinajstić information content (AvgIpc) is 3.64. The second-order valence-electron chi connectivity index (χ2n) is 12.1. The van der Waals surface area contributed by atoms with Gasteiger partial charge in [0.05, 0.1) is 31.5 Å². The van der Waals surface area contributed by atoms with E-state index in [1.165, 1.54) is 12.3 Å². The Morgan fingerprint density at radius 1 is 1.06 bits per heavy atom. The maximum absolute atomic E-state index is 14.0. The largest absolute Gasteiger partial charge is 0.383 e. The van der Waals surface area contributed by atoms with Crippen molar-refractivity contribution in [2.45, 2.75) is 25.1 Å². The Morgan fingerprint density at radius 3 is 2.56 bits per heavy atom. The van der Waals surface area contributed by atoms with Crippen LogP contribution < -0.4 is 15.5 Å². The quantitative estimate of drug-likeness (QED) is 0.244. The summed E-state index contributed by atoms with van der Waals surface area (Å²) in [7, 11) is 1.61. The molecule has 0 saturated carbocycles. The molecule has 14 nitrogen and oxygen atoms in total. The number of para-hydroxylation sites is 1. The fraction of sp³-hybridized carbons (Fsp3) is 0.424. The number of nitrogens with one attached hydrogen (secondary N) is 2. The number of anilines is 2. The first-order chi connectivity index (χ1) is 23.5. The number of halogens is 1. The summed E-state index contributed by atoms with van der Waals surface area (Å²) in [4.78, 5) is 37.4. The first-order valence-electron chi connectivity index (χ1n) is 16.1. The van der Waals surface area contributed by atoms with E-state index in [1.807, 2.05) is 37.3 Å². The van der Waals surface area contributed by atoms with E-state index in [2.05, 4.69) is 35.4 Å². The zero-order valence-electron chi connectivity index (χ0n) is 27.0. The number of hydroxylamine groups is 2. The summed E-state index contributed by atoms with van der Waals surface area (Å²) in [5.74, 6) is 0.558. The van der Waals surface area contributed by atoms with Crippen LogP contribution in [-0.4, -0.2) is 119 Å². The maximum Gasteiger partial charge on any atom is 0.320 e. The second-order valence-corrected chi connectivity index (χ2v) is 12.1. The zero-order valence-corrected chi connectivity index (χ0v) is 27.0. The summed E-state index contributed by atoms with van der Waals surface area (Å²) in [6.07, 6.45) is 4.32. The van der Waals surface area contributed by atoms with Gasteiger partial charge in [-0.3, -0.25) is 15.1 Å². The van der Waals surface area contributed by atoms with Crippen LogP contribution in [0.2, 0.25) is 0 Å². The fourth-order valence-electron chi connectivity index (χ4n) is 6.32. The third kappa shape index (κ3) is 6.86. The van der Waals surface area contributed by atoms with E-state index in [0.29, 0.717) is 48.8 Å². The van der Waals surface area contributed by atoms with E-state index < -0.39 is 24.1 Å². The third-order valence-electron chi connectivity index (χ3n) is 8.94. The van der Waals surface area contributed by atoms with E-state index in [9.17, 15) is 9.18 Å². The number of hydrogen-bond donors (Lipinski definition) is 2. The van der Waals surface area contributed by atoms with Gasteiger partial charge < -0.3 is 19.7 Å². The molecule has 3 fully saturated rings. The second kappa shape index (κ2) is 14.3. The van der Waals surface area contributed by atoms with Crippen molar-refractivity contribution >= 4 is 17.8 Å². The highest BCUT2D eigenvalue weighted by Gasteiger charge is 2.37. The van der Waals surface area contributed by atoms with Crippen LogP contribution in [0.4, 0.5) is 21.0 Å². The van der Waals surface area contributed by atoms with Crippen LogP contribution in [0.25, 0.3) is 16.9 Å². The van der Waals surface area contributed by atoms with Gasteiger partial charge in [0.1, 0.15) is 17.6 Å². The molecule has 0 aliphatic carbocycles. The predicted molar refractivity (Wildman–Crippen MR) is 175 cm³/mol. The molecule has 2 amide bonds. The van der Waals surface area contributed by atoms with E-state index in [-0.39, 0.29) is 0 Å². The van der Waals surface area contributed by atoms with Crippen molar-refractivity contribution in [3.63, 3.8) is 0 Å². The molecule has 7 rings (SSSR count). The number of morpholine rings is 1. The van der Waals surface area contributed by atoms with Crippen LogP contribution in [0.5, 0.6) is 0 Å².